The number of aromatic nitrogens is 1. The molecule has 1 heterocycles. The van der Waals surface area contributed by atoms with Gasteiger partial charge in [0.2, 0.25) is 0 Å². The fourth-order valence-corrected chi connectivity index (χ4v) is 3.48. The van der Waals surface area contributed by atoms with Crippen molar-refractivity contribution < 1.29 is 23.1 Å². The highest BCUT2D eigenvalue weighted by atomic mass is 32.2. The molecule has 9 heteroatoms. The van der Waals surface area contributed by atoms with Gasteiger partial charge >= 0.3 is 5.97 Å². The van der Waals surface area contributed by atoms with Gasteiger partial charge in [0.25, 0.3) is 5.91 Å². The Morgan fingerprint density at radius 2 is 1.91 bits per heavy atom. The zero-order valence-corrected chi connectivity index (χ0v) is 13.3. The fraction of sp³-hybridized carbons (Fsp3) is 0.154. The lowest BCUT2D eigenvalue weighted by atomic mass is 10.2. The Morgan fingerprint density at radius 3 is 2.45 bits per heavy atom. The van der Waals surface area contributed by atoms with Crippen LogP contribution in [-0.4, -0.2) is 36.6 Å². The normalized spacial score (nSPS) is 11.2. The van der Waals surface area contributed by atoms with E-state index in [1.807, 2.05) is 0 Å². The van der Waals surface area contributed by atoms with Gasteiger partial charge in [-0.15, -0.1) is 0 Å². The summed E-state index contributed by atoms with van der Waals surface area (Å²) in [6.07, 6.45) is 1.01. The van der Waals surface area contributed by atoms with Gasteiger partial charge in [0, 0.05) is 6.26 Å². The Labute approximate surface area is 130 Å². The smallest absolute Gasteiger partial charge is 0.347 e. The summed E-state index contributed by atoms with van der Waals surface area (Å²) in [6, 6.07) is 5.77. The van der Waals surface area contributed by atoms with Gasteiger partial charge in [0.1, 0.15) is 4.88 Å². The molecule has 2 aromatic rings. The van der Waals surface area contributed by atoms with Crippen LogP contribution >= 0.6 is 11.3 Å². The van der Waals surface area contributed by atoms with Gasteiger partial charge in [-0.3, -0.25) is 10.1 Å². The van der Waals surface area contributed by atoms with Gasteiger partial charge in [-0.05, 0) is 19.1 Å². The summed E-state index contributed by atoms with van der Waals surface area (Å²) in [7, 11) is -3.56. The number of thiazole rings is 1. The maximum atomic E-state index is 12.2. The summed E-state index contributed by atoms with van der Waals surface area (Å²) in [5.41, 5.74) is 0.263. The summed E-state index contributed by atoms with van der Waals surface area (Å²) < 4.78 is 23.4. The number of hydrogen-bond acceptors (Lipinski definition) is 6. The molecule has 0 saturated heterocycles. The minimum atomic E-state index is -3.56. The number of rotatable bonds is 4. The van der Waals surface area contributed by atoms with Gasteiger partial charge in [-0.1, -0.05) is 23.5 Å². The van der Waals surface area contributed by atoms with Crippen molar-refractivity contribution in [1.29, 1.82) is 0 Å². The summed E-state index contributed by atoms with van der Waals surface area (Å²) >= 11 is 0.812. The molecule has 0 aliphatic heterocycles. The van der Waals surface area contributed by atoms with Crippen molar-refractivity contribution in [2.24, 2.45) is 0 Å². The monoisotopic (exact) mass is 340 g/mol. The molecule has 0 atom stereocenters. The van der Waals surface area contributed by atoms with Crippen LogP contribution in [0.3, 0.4) is 0 Å². The molecule has 1 aromatic carbocycles. The predicted molar refractivity (Wildman–Crippen MR) is 81.3 cm³/mol. The topological polar surface area (TPSA) is 113 Å². The van der Waals surface area contributed by atoms with Crippen molar-refractivity contribution >= 4 is 38.2 Å². The van der Waals surface area contributed by atoms with Crippen LogP contribution in [0.4, 0.5) is 5.13 Å². The molecule has 0 saturated carbocycles. The lowest BCUT2D eigenvalue weighted by molar-refractivity contribution is 0.0701. The van der Waals surface area contributed by atoms with E-state index in [0.717, 1.165) is 17.6 Å². The van der Waals surface area contributed by atoms with Gasteiger partial charge in [0.05, 0.1) is 16.2 Å². The van der Waals surface area contributed by atoms with Crippen LogP contribution in [0.25, 0.3) is 0 Å². The molecule has 1 aromatic heterocycles. The number of anilines is 1. The third-order valence-corrected chi connectivity index (χ3v) is 4.96. The van der Waals surface area contributed by atoms with E-state index in [-0.39, 0.29) is 26.2 Å². The highest BCUT2D eigenvalue weighted by Gasteiger charge is 2.20. The Kier molecular flexibility index (Phi) is 4.29. The zero-order chi connectivity index (χ0) is 16.5. The second-order valence-electron chi connectivity index (χ2n) is 4.46. The maximum Gasteiger partial charge on any atom is 0.347 e. The first-order valence-electron chi connectivity index (χ1n) is 6.01. The molecule has 7 nitrogen and oxygen atoms in total. The quantitative estimate of drug-likeness (QED) is 0.877. The highest BCUT2D eigenvalue weighted by molar-refractivity contribution is 7.90. The van der Waals surface area contributed by atoms with E-state index in [1.165, 1.54) is 25.1 Å². The van der Waals surface area contributed by atoms with E-state index in [1.54, 1.807) is 6.07 Å². The number of aromatic carboxylic acids is 1. The van der Waals surface area contributed by atoms with Crippen LogP contribution in [0.2, 0.25) is 0 Å². The number of nitrogens with zero attached hydrogens (tertiary/aromatic N) is 1. The third kappa shape index (κ3) is 3.31. The molecule has 0 aliphatic rings. The number of sulfone groups is 1. The van der Waals surface area contributed by atoms with E-state index in [2.05, 4.69) is 10.3 Å². The average molecular weight is 340 g/mol. The molecule has 0 radical (unpaired) electrons. The Balaban J connectivity index is 2.35. The second kappa shape index (κ2) is 5.85. The van der Waals surface area contributed by atoms with Gasteiger partial charge in [0.15, 0.2) is 15.0 Å². The molecule has 1 amide bonds. The first-order valence-corrected chi connectivity index (χ1v) is 8.72. The van der Waals surface area contributed by atoms with Gasteiger partial charge in [-0.25, -0.2) is 18.2 Å². The third-order valence-electron chi connectivity index (χ3n) is 2.74. The maximum absolute atomic E-state index is 12.2. The van der Waals surface area contributed by atoms with E-state index in [9.17, 15) is 18.0 Å². The number of carboxylic acids is 1. The summed E-state index contributed by atoms with van der Waals surface area (Å²) in [6.45, 7) is 1.51. The van der Waals surface area contributed by atoms with Crippen molar-refractivity contribution in [2.45, 2.75) is 11.8 Å². The molecule has 22 heavy (non-hydrogen) atoms. The number of nitrogens with one attached hydrogen (secondary N) is 1. The number of aryl methyl sites for hydroxylation is 1. The fourth-order valence-electron chi connectivity index (χ4n) is 1.79. The number of carbonyl (C=O) groups excluding carboxylic acids is 1. The van der Waals surface area contributed by atoms with Gasteiger partial charge in [-0.2, -0.15) is 0 Å². The highest BCUT2D eigenvalue weighted by Crippen LogP contribution is 2.24. The zero-order valence-electron chi connectivity index (χ0n) is 11.7. The number of benzene rings is 1. The number of amides is 1. The van der Waals surface area contributed by atoms with Crippen molar-refractivity contribution in [2.75, 3.05) is 11.6 Å². The standard InChI is InChI=1S/C13H12N2O5S2/c1-7-10(12(17)18)21-13(14-7)15-11(16)8-5-3-4-6-9(8)22(2,19)20/h3-6H,1-2H3,(H,17,18)(H,14,15,16). The molecule has 0 fully saturated rings. The van der Waals surface area contributed by atoms with Crippen LogP contribution < -0.4 is 5.32 Å². The van der Waals surface area contributed by atoms with E-state index >= 15 is 0 Å². The van der Waals surface area contributed by atoms with Crippen LogP contribution in [0.5, 0.6) is 0 Å². The second-order valence-corrected chi connectivity index (χ2v) is 7.44. The average Bonchev–Trinajstić information content (AvgIpc) is 2.78. The molecule has 2 N–H and O–H groups in total. The van der Waals surface area contributed by atoms with Crippen molar-refractivity contribution in [3.05, 3.63) is 40.4 Å². The first-order chi connectivity index (χ1) is 10.2. The van der Waals surface area contributed by atoms with Crippen molar-refractivity contribution in [1.82, 2.24) is 4.98 Å². The number of hydrogen-bond donors (Lipinski definition) is 2. The van der Waals surface area contributed by atoms with E-state index in [4.69, 9.17) is 5.11 Å². The molecule has 0 spiro atoms. The summed E-state index contributed by atoms with van der Waals surface area (Å²) in [5.74, 6) is -1.79. The summed E-state index contributed by atoms with van der Waals surface area (Å²) in [4.78, 5) is 27.0. The predicted octanol–water partition coefficient (Wildman–Crippen LogP) is 1.81. The summed E-state index contributed by atoms with van der Waals surface area (Å²) in [5, 5.41) is 11.5. The lowest BCUT2D eigenvalue weighted by Crippen LogP contribution is -2.15. The molecule has 0 unspecified atom stereocenters. The minimum absolute atomic E-state index is 0.0188. The van der Waals surface area contributed by atoms with Crippen molar-refractivity contribution in [3.8, 4) is 0 Å². The molecule has 0 bridgehead atoms. The Morgan fingerprint density at radius 1 is 1.27 bits per heavy atom. The molecule has 116 valence electrons. The van der Waals surface area contributed by atoms with E-state index in [0.29, 0.717) is 0 Å². The molecular weight excluding hydrogens is 328 g/mol. The number of carboxylic acid groups (broad SMARTS) is 1. The van der Waals surface area contributed by atoms with Crippen molar-refractivity contribution in [3.63, 3.8) is 0 Å². The Bertz CT molecular complexity index is 855. The number of carbonyl (C=O) groups is 2. The molecular formula is C13H12N2O5S2. The van der Waals surface area contributed by atoms with Crippen LogP contribution in [0.1, 0.15) is 25.7 Å². The van der Waals surface area contributed by atoms with E-state index < -0.39 is 21.7 Å². The van der Waals surface area contributed by atoms with Gasteiger partial charge < -0.3 is 5.11 Å². The minimum Gasteiger partial charge on any atom is -0.477 e. The van der Waals surface area contributed by atoms with Crippen LogP contribution in [-0.2, 0) is 9.84 Å². The largest absolute Gasteiger partial charge is 0.477 e. The Hall–Kier alpha value is -2.26. The SMILES string of the molecule is Cc1nc(NC(=O)c2ccccc2S(C)(=O)=O)sc1C(=O)O. The van der Waals surface area contributed by atoms with Crippen LogP contribution in [0, 0.1) is 6.92 Å². The first kappa shape index (κ1) is 16.1. The molecule has 2 rings (SSSR count). The van der Waals surface area contributed by atoms with Crippen LogP contribution in [0.15, 0.2) is 29.2 Å². The molecule has 0 aliphatic carbocycles. The lowest BCUT2D eigenvalue weighted by Gasteiger charge is -2.06.